The lowest BCUT2D eigenvalue weighted by molar-refractivity contribution is -0.130. The second-order valence-electron chi connectivity index (χ2n) is 6.62. The molecule has 1 saturated heterocycles. The third-order valence-electron chi connectivity index (χ3n) is 4.87. The number of thioether (sulfide) groups is 1. The summed E-state index contributed by atoms with van der Waals surface area (Å²) in [5.74, 6) is -2.05. The van der Waals surface area contributed by atoms with Crippen molar-refractivity contribution in [2.24, 2.45) is 5.92 Å². The highest BCUT2D eigenvalue weighted by Crippen LogP contribution is 2.36. The first-order chi connectivity index (χ1) is 13.0. The van der Waals surface area contributed by atoms with Crippen LogP contribution in [0.25, 0.3) is 0 Å². The van der Waals surface area contributed by atoms with Crippen LogP contribution in [0.5, 0.6) is 0 Å². The van der Waals surface area contributed by atoms with Crippen molar-refractivity contribution in [2.75, 3.05) is 28.6 Å². The zero-order valence-electron chi connectivity index (χ0n) is 14.5. The topological polar surface area (TPSA) is 40.6 Å². The number of anilines is 2. The van der Waals surface area contributed by atoms with Crippen LogP contribution in [0.1, 0.15) is 12.8 Å². The maximum absolute atomic E-state index is 13.5. The molecule has 2 aromatic rings. The fraction of sp³-hybridized carbons (Fsp3) is 0.300. The molecule has 2 aromatic carbocycles. The fourth-order valence-electron chi connectivity index (χ4n) is 3.61. The minimum absolute atomic E-state index is 0.152. The zero-order valence-corrected chi connectivity index (χ0v) is 15.3. The Morgan fingerprint density at radius 1 is 1.07 bits per heavy atom. The van der Waals surface area contributed by atoms with Crippen molar-refractivity contribution in [1.82, 2.24) is 0 Å². The third-order valence-corrected chi connectivity index (χ3v) is 6.02. The third kappa shape index (κ3) is 3.43. The average molecular weight is 388 g/mol. The van der Waals surface area contributed by atoms with E-state index in [2.05, 4.69) is 0 Å². The number of benzene rings is 2. The van der Waals surface area contributed by atoms with Crippen molar-refractivity contribution < 1.29 is 18.4 Å². The highest BCUT2D eigenvalue weighted by atomic mass is 32.2. The second-order valence-corrected chi connectivity index (χ2v) is 7.76. The number of hydrogen-bond acceptors (Lipinski definition) is 3. The summed E-state index contributed by atoms with van der Waals surface area (Å²) in [6, 6.07) is 10.7. The average Bonchev–Trinajstić information content (AvgIpc) is 2.89. The van der Waals surface area contributed by atoms with E-state index in [-0.39, 0.29) is 18.1 Å². The van der Waals surface area contributed by atoms with Crippen molar-refractivity contribution >= 4 is 35.0 Å². The van der Waals surface area contributed by atoms with E-state index < -0.39 is 23.5 Å². The summed E-state index contributed by atoms with van der Waals surface area (Å²) in [4.78, 5) is 30.0. The van der Waals surface area contributed by atoms with Crippen LogP contribution >= 0.6 is 11.8 Å². The monoisotopic (exact) mass is 388 g/mol. The molecule has 2 aliphatic rings. The molecule has 0 aliphatic carbocycles. The Bertz CT molecular complexity index is 885. The number of halogens is 2. The van der Waals surface area contributed by atoms with Crippen molar-refractivity contribution in [1.29, 1.82) is 0 Å². The van der Waals surface area contributed by atoms with Gasteiger partial charge in [0.2, 0.25) is 11.8 Å². The predicted molar refractivity (Wildman–Crippen MR) is 101 cm³/mol. The Balaban J connectivity index is 1.59. The molecule has 0 bridgehead atoms. The molecule has 0 N–H and O–H groups in total. The molecule has 27 heavy (non-hydrogen) atoms. The number of nitrogens with zero attached hydrogens (tertiary/aromatic N) is 2. The van der Waals surface area contributed by atoms with E-state index in [0.717, 1.165) is 41.0 Å². The molecule has 140 valence electrons. The lowest BCUT2D eigenvalue weighted by Crippen LogP contribution is -2.40. The summed E-state index contributed by atoms with van der Waals surface area (Å²) >= 11 is 1.70. The van der Waals surface area contributed by atoms with Crippen LogP contribution in [0.2, 0.25) is 0 Å². The summed E-state index contributed by atoms with van der Waals surface area (Å²) in [6.45, 7) is 0.823. The standard InChI is InChI=1S/C20H18F2N2O2S/c21-13-10-14(22)12-15(11-13)23-8-6-16(19(23)25)20(26)24-7-3-9-27-18-5-2-1-4-17(18)24/h1-2,4-5,10-12,16H,3,6-9H2/t16-/m0/s1. The zero-order chi connectivity index (χ0) is 19.0. The summed E-state index contributed by atoms with van der Waals surface area (Å²) in [5.41, 5.74) is 0.979. The van der Waals surface area contributed by atoms with Crippen LogP contribution in [0.3, 0.4) is 0 Å². The number of amides is 2. The van der Waals surface area contributed by atoms with Gasteiger partial charge in [-0.15, -0.1) is 11.8 Å². The van der Waals surface area contributed by atoms with Crippen LogP contribution in [0, 0.1) is 17.6 Å². The molecule has 0 spiro atoms. The summed E-state index contributed by atoms with van der Waals surface area (Å²) in [7, 11) is 0. The Kier molecular flexibility index (Phi) is 4.86. The molecule has 0 radical (unpaired) electrons. The number of hydrogen-bond donors (Lipinski definition) is 0. The van der Waals surface area contributed by atoms with Gasteiger partial charge in [0.1, 0.15) is 17.6 Å². The van der Waals surface area contributed by atoms with E-state index >= 15 is 0 Å². The SMILES string of the molecule is O=C1[C@@H](C(=O)N2CCCSc3ccccc32)CCN1c1cc(F)cc(F)c1. The van der Waals surface area contributed by atoms with Gasteiger partial charge in [0.25, 0.3) is 0 Å². The van der Waals surface area contributed by atoms with E-state index in [0.29, 0.717) is 13.0 Å². The summed E-state index contributed by atoms with van der Waals surface area (Å²) < 4.78 is 27.0. The maximum Gasteiger partial charge on any atom is 0.239 e. The number of carbonyl (C=O) groups is 2. The van der Waals surface area contributed by atoms with Gasteiger partial charge in [-0.25, -0.2) is 8.78 Å². The van der Waals surface area contributed by atoms with Crippen molar-refractivity contribution in [3.8, 4) is 0 Å². The molecule has 2 heterocycles. The summed E-state index contributed by atoms with van der Waals surface area (Å²) in [5, 5.41) is 0. The largest absolute Gasteiger partial charge is 0.311 e. The molecule has 1 fully saturated rings. The van der Waals surface area contributed by atoms with Crippen LogP contribution in [-0.4, -0.2) is 30.7 Å². The Morgan fingerprint density at radius 2 is 1.81 bits per heavy atom. The Labute approximate surface area is 160 Å². The molecule has 4 rings (SSSR count). The molecule has 0 unspecified atom stereocenters. The van der Waals surface area contributed by atoms with E-state index in [9.17, 15) is 18.4 Å². The van der Waals surface area contributed by atoms with Gasteiger partial charge in [-0.1, -0.05) is 12.1 Å². The van der Waals surface area contributed by atoms with Crippen molar-refractivity contribution in [3.05, 3.63) is 54.1 Å². The quantitative estimate of drug-likeness (QED) is 0.734. The van der Waals surface area contributed by atoms with Gasteiger partial charge < -0.3 is 9.80 Å². The molecular formula is C20H18F2N2O2S. The highest BCUT2D eigenvalue weighted by molar-refractivity contribution is 7.99. The first kappa shape index (κ1) is 18.0. The fourth-order valence-corrected chi connectivity index (χ4v) is 4.60. The lowest BCUT2D eigenvalue weighted by atomic mass is 10.1. The van der Waals surface area contributed by atoms with Crippen LogP contribution in [-0.2, 0) is 9.59 Å². The molecule has 2 aliphatic heterocycles. The van der Waals surface area contributed by atoms with Gasteiger partial charge in [-0.2, -0.15) is 0 Å². The second kappa shape index (κ2) is 7.31. The van der Waals surface area contributed by atoms with E-state index in [1.54, 1.807) is 16.7 Å². The van der Waals surface area contributed by atoms with Gasteiger partial charge in [-0.3, -0.25) is 9.59 Å². The number of rotatable bonds is 2. The summed E-state index contributed by atoms with van der Waals surface area (Å²) in [6.07, 6.45) is 1.17. The first-order valence-corrected chi connectivity index (χ1v) is 9.84. The highest BCUT2D eigenvalue weighted by Gasteiger charge is 2.40. The normalized spacial score (nSPS) is 19.8. The molecule has 1 atom stereocenters. The van der Waals surface area contributed by atoms with Gasteiger partial charge in [0, 0.05) is 29.7 Å². The Morgan fingerprint density at radius 3 is 2.59 bits per heavy atom. The lowest BCUT2D eigenvalue weighted by Gasteiger charge is -2.25. The van der Waals surface area contributed by atoms with E-state index in [1.165, 1.54) is 4.90 Å². The minimum atomic E-state index is -0.826. The number of carbonyl (C=O) groups excluding carboxylic acids is 2. The van der Waals surface area contributed by atoms with Crippen molar-refractivity contribution in [2.45, 2.75) is 17.7 Å². The molecule has 0 aromatic heterocycles. The van der Waals surface area contributed by atoms with Gasteiger partial charge in [0.15, 0.2) is 0 Å². The molecular weight excluding hydrogens is 370 g/mol. The first-order valence-electron chi connectivity index (χ1n) is 8.85. The van der Waals surface area contributed by atoms with Crippen LogP contribution in [0.4, 0.5) is 20.2 Å². The van der Waals surface area contributed by atoms with Gasteiger partial charge in [-0.05, 0) is 42.9 Å². The van der Waals surface area contributed by atoms with Gasteiger partial charge >= 0.3 is 0 Å². The van der Waals surface area contributed by atoms with Gasteiger partial charge in [0.05, 0.1) is 5.69 Å². The molecule has 4 nitrogen and oxygen atoms in total. The maximum atomic E-state index is 13.5. The number of para-hydroxylation sites is 1. The smallest absolute Gasteiger partial charge is 0.239 e. The van der Waals surface area contributed by atoms with Crippen LogP contribution in [0.15, 0.2) is 47.4 Å². The molecule has 2 amide bonds. The minimum Gasteiger partial charge on any atom is -0.311 e. The molecule has 7 heteroatoms. The number of fused-ring (bicyclic) bond motifs is 1. The predicted octanol–water partition coefficient (Wildman–Crippen LogP) is 3.85. The van der Waals surface area contributed by atoms with Crippen molar-refractivity contribution in [3.63, 3.8) is 0 Å². The van der Waals surface area contributed by atoms with Crippen LogP contribution < -0.4 is 9.80 Å². The molecule has 0 saturated carbocycles. The van der Waals surface area contributed by atoms with E-state index in [4.69, 9.17) is 0 Å². The Hall–Kier alpha value is -2.41. The van der Waals surface area contributed by atoms with E-state index in [1.807, 2.05) is 24.3 Å².